The van der Waals surface area contributed by atoms with Crippen LogP contribution in [0.1, 0.15) is 54.5 Å². The maximum Gasteiger partial charge on any atom is 0.230 e. The zero-order chi connectivity index (χ0) is 19.6. The van der Waals surface area contributed by atoms with Gasteiger partial charge in [-0.3, -0.25) is 14.7 Å². The van der Waals surface area contributed by atoms with E-state index in [1.54, 1.807) is 6.20 Å². The molecule has 5 nitrogen and oxygen atoms in total. The van der Waals surface area contributed by atoms with Gasteiger partial charge in [-0.15, -0.1) is 11.3 Å². The first-order chi connectivity index (χ1) is 14.3. The summed E-state index contributed by atoms with van der Waals surface area (Å²) >= 11 is 1.52. The number of pyridine rings is 1. The average molecular weight is 406 g/mol. The second kappa shape index (κ2) is 7.95. The van der Waals surface area contributed by atoms with Crippen molar-refractivity contribution < 1.29 is 9.53 Å². The Hall–Kier alpha value is -2.73. The number of carbonyl (C=O) groups excluding carboxylic acids is 1. The molecule has 0 bridgehead atoms. The maximum absolute atomic E-state index is 13.7. The molecule has 2 aromatic heterocycles. The Morgan fingerprint density at radius 2 is 2.07 bits per heavy atom. The summed E-state index contributed by atoms with van der Waals surface area (Å²) in [5.74, 6) is 1.19. The van der Waals surface area contributed by atoms with Crippen molar-refractivity contribution in [2.24, 2.45) is 0 Å². The number of hydrogen-bond donors (Lipinski definition) is 0. The van der Waals surface area contributed by atoms with Crippen molar-refractivity contribution >= 4 is 22.4 Å². The van der Waals surface area contributed by atoms with Crippen LogP contribution in [0.5, 0.6) is 5.75 Å². The predicted octanol–water partition coefficient (Wildman–Crippen LogP) is 4.91. The van der Waals surface area contributed by atoms with Gasteiger partial charge in [0.15, 0.2) is 5.13 Å². The first-order valence-corrected chi connectivity index (χ1v) is 11.1. The highest BCUT2D eigenvalue weighted by Gasteiger charge is 2.35. The summed E-state index contributed by atoms with van der Waals surface area (Å²) < 4.78 is 5.79. The number of para-hydroxylation sites is 1. The summed E-state index contributed by atoms with van der Waals surface area (Å²) in [4.78, 5) is 24.7. The van der Waals surface area contributed by atoms with Gasteiger partial charge in [0, 0.05) is 24.2 Å². The number of benzene rings is 1. The Kier molecular flexibility index (Phi) is 5.02. The Bertz CT molecular complexity index is 1000. The van der Waals surface area contributed by atoms with Gasteiger partial charge in [-0.1, -0.05) is 24.3 Å². The predicted molar refractivity (Wildman–Crippen MR) is 113 cm³/mol. The van der Waals surface area contributed by atoms with Gasteiger partial charge in [0.2, 0.25) is 5.91 Å². The van der Waals surface area contributed by atoms with E-state index in [1.165, 1.54) is 16.9 Å². The van der Waals surface area contributed by atoms with E-state index in [0.29, 0.717) is 13.0 Å². The fourth-order valence-electron chi connectivity index (χ4n) is 4.52. The highest BCUT2D eigenvalue weighted by molar-refractivity contribution is 7.13. The van der Waals surface area contributed by atoms with E-state index in [1.807, 2.05) is 40.7 Å². The normalized spacial score (nSPS) is 20.3. The number of aromatic nitrogens is 2. The molecule has 0 N–H and O–H groups in total. The lowest BCUT2D eigenvalue weighted by atomic mass is 9.88. The van der Waals surface area contributed by atoms with Crippen molar-refractivity contribution in [3.8, 4) is 5.75 Å². The van der Waals surface area contributed by atoms with Gasteiger partial charge in [-0.2, -0.15) is 0 Å². The Balaban J connectivity index is 1.47. The molecule has 29 heavy (non-hydrogen) atoms. The van der Waals surface area contributed by atoms with Gasteiger partial charge < -0.3 is 4.74 Å². The number of rotatable bonds is 4. The van der Waals surface area contributed by atoms with Crippen LogP contribution in [0.25, 0.3) is 0 Å². The lowest BCUT2D eigenvalue weighted by Gasteiger charge is -2.35. The maximum atomic E-state index is 13.7. The molecule has 1 amide bonds. The number of nitrogens with zero attached hydrogens (tertiary/aromatic N) is 3. The van der Waals surface area contributed by atoms with Crippen molar-refractivity contribution in [3.05, 3.63) is 71.0 Å². The molecular weight excluding hydrogens is 382 g/mol. The first-order valence-electron chi connectivity index (χ1n) is 10.2. The van der Waals surface area contributed by atoms with Crippen molar-refractivity contribution in [1.82, 2.24) is 9.97 Å². The fourth-order valence-corrected chi connectivity index (χ4v) is 5.23. The van der Waals surface area contributed by atoms with Crippen LogP contribution in [0.3, 0.4) is 0 Å². The van der Waals surface area contributed by atoms with E-state index in [9.17, 15) is 4.79 Å². The van der Waals surface area contributed by atoms with Gasteiger partial charge in [-0.05, 0) is 54.9 Å². The van der Waals surface area contributed by atoms with Crippen LogP contribution in [0, 0.1) is 0 Å². The molecule has 3 heterocycles. The van der Waals surface area contributed by atoms with Gasteiger partial charge in [0.25, 0.3) is 0 Å². The Morgan fingerprint density at radius 1 is 1.14 bits per heavy atom. The summed E-state index contributed by atoms with van der Waals surface area (Å²) in [6, 6.07) is 12.1. The number of fused-ring (bicyclic) bond motifs is 2. The number of ether oxygens (including phenoxy) is 1. The van der Waals surface area contributed by atoms with Crippen LogP contribution in [-0.2, 0) is 11.2 Å². The highest BCUT2D eigenvalue weighted by Crippen LogP contribution is 2.40. The molecule has 1 aliphatic carbocycles. The first kappa shape index (κ1) is 18.3. The van der Waals surface area contributed by atoms with Crippen LogP contribution in [-0.4, -0.2) is 22.5 Å². The van der Waals surface area contributed by atoms with Crippen molar-refractivity contribution in [1.29, 1.82) is 0 Å². The van der Waals surface area contributed by atoms with E-state index >= 15 is 0 Å². The molecule has 0 saturated heterocycles. The second-order valence-corrected chi connectivity index (χ2v) is 8.48. The summed E-state index contributed by atoms with van der Waals surface area (Å²) in [5, 5.41) is 2.69. The minimum Gasteiger partial charge on any atom is -0.493 e. The molecule has 2 aliphatic rings. The third kappa shape index (κ3) is 3.53. The standard InChI is InChI=1S/C23H23N3O2S/c27-21(15-17-10-13-28-20-9-2-1-7-18(17)20)26(23-25-12-14-29-23)19-8-3-5-16-6-4-11-24-22(16)19/h1-2,4,6-7,9,11-12,14,17,19H,3,5,8,10,13,15H2/t17-,19+/m1/s1. The molecule has 1 aliphatic heterocycles. The molecule has 6 heteroatoms. The minimum absolute atomic E-state index is 0.0475. The average Bonchev–Trinajstić information content (AvgIpc) is 3.29. The lowest BCUT2D eigenvalue weighted by Crippen LogP contribution is -2.38. The molecule has 0 radical (unpaired) electrons. The number of amides is 1. The second-order valence-electron chi connectivity index (χ2n) is 7.61. The Labute approximate surface area is 174 Å². The quantitative estimate of drug-likeness (QED) is 0.619. The molecule has 5 rings (SSSR count). The SMILES string of the molecule is O=C(C[C@H]1CCOc2ccccc21)N(c1nccs1)[C@H]1CCCc2cccnc21. The van der Waals surface area contributed by atoms with Gasteiger partial charge in [-0.25, -0.2) is 4.98 Å². The number of thiazole rings is 1. The summed E-state index contributed by atoms with van der Waals surface area (Å²) in [5.41, 5.74) is 3.40. The summed E-state index contributed by atoms with van der Waals surface area (Å²) in [6.45, 7) is 0.653. The molecule has 0 spiro atoms. The largest absolute Gasteiger partial charge is 0.493 e. The van der Waals surface area contributed by atoms with Crippen LogP contribution in [0.4, 0.5) is 5.13 Å². The minimum atomic E-state index is -0.0475. The third-order valence-electron chi connectivity index (χ3n) is 5.87. The molecule has 0 unspecified atom stereocenters. The number of aryl methyl sites for hydroxylation is 1. The van der Waals surface area contributed by atoms with E-state index in [-0.39, 0.29) is 17.9 Å². The van der Waals surface area contributed by atoms with Crippen molar-refractivity contribution in [2.45, 2.75) is 44.1 Å². The molecular formula is C23H23N3O2S. The molecule has 1 aromatic carbocycles. The summed E-state index contributed by atoms with van der Waals surface area (Å²) in [7, 11) is 0. The van der Waals surface area contributed by atoms with E-state index in [0.717, 1.165) is 47.8 Å². The van der Waals surface area contributed by atoms with Gasteiger partial charge in [0.05, 0.1) is 18.3 Å². The third-order valence-corrected chi connectivity index (χ3v) is 6.65. The molecule has 0 saturated carbocycles. The van der Waals surface area contributed by atoms with E-state index in [2.05, 4.69) is 22.1 Å². The van der Waals surface area contributed by atoms with Crippen molar-refractivity contribution in [3.63, 3.8) is 0 Å². The molecule has 3 aromatic rings. The van der Waals surface area contributed by atoms with Crippen LogP contribution in [0.15, 0.2) is 54.2 Å². The Morgan fingerprint density at radius 3 is 2.97 bits per heavy atom. The summed E-state index contributed by atoms with van der Waals surface area (Å²) in [6.07, 6.45) is 7.90. The number of carbonyl (C=O) groups is 1. The fraction of sp³-hybridized carbons (Fsp3) is 0.348. The zero-order valence-electron chi connectivity index (χ0n) is 16.2. The van der Waals surface area contributed by atoms with E-state index < -0.39 is 0 Å². The topological polar surface area (TPSA) is 55.3 Å². The van der Waals surface area contributed by atoms with Gasteiger partial charge >= 0.3 is 0 Å². The molecule has 0 fully saturated rings. The van der Waals surface area contributed by atoms with E-state index in [4.69, 9.17) is 4.74 Å². The highest BCUT2D eigenvalue weighted by atomic mass is 32.1. The number of hydrogen-bond acceptors (Lipinski definition) is 5. The monoisotopic (exact) mass is 405 g/mol. The lowest BCUT2D eigenvalue weighted by molar-refractivity contribution is -0.119. The van der Waals surface area contributed by atoms with Crippen molar-refractivity contribution in [2.75, 3.05) is 11.5 Å². The van der Waals surface area contributed by atoms with Crippen LogP contribution >= 0.6 is 11.3 Å². The van der Waals surface area contributed by atoms with Crippen LogP contribution < -0.4 is 9.64 Å². The van der Waals surface area contributed by atoms with Crippen LogP contribution in [0.2, 0.25) is 0 Å². The zero-order valence-corrected chi connectivity index (χ0v) is 17.0. The number of anilines is 1. The molecule has 148 valence electrons. The molecule has 2 atom stereocenters. The van der Waals surface area contributed by atoms with Gasteiger partial charge in [0.1, 0.15) is 5.75 Å². The smallest absolute Gasteiger partial charge is 0.230 e.